The fourth-order valence-corrected chi connectivity index (χ4v) is 4.57. The summed E-state index contributed by atoms with van der Waals surface area (Å²) in [7, 11) is 1.19. The molecule has 38 heavy (non-hydrogen) atoms. The van der Waals surface area contributed by atoms with Crippen LogP contribution in [0.4, 0.5) is 22.8 Å². The number of pyridine rings is 1. The molecule has 0 unspecified atom stereocenters. The monoisotopic (exact) mass is 555 g/mol. The molecule has 0 aliphatic carbocycles. The Morgan fingerprint density at radius 2 is 1.84 bits per heavy atom. The summed E-state index contributed by atoms with van der Waals surface area (Å²) in [5.74, 6) is -0.243. The van der Waals surface area contributed by atoms with Crippen molar-refractivity contribution in [3.8, 4) is 5.75 Å². The minimum absolute atomic E-state index is 0.0306. The van der Waals surface area contributed by atoms with Crippen LogP contribution in [0.1, 0.15) is 18.2 Å². The van der Waals surface area contributed by atoms with Gasteiger partial charge in [0.1, 0.15) is 12.4 Å². The van der Waals surface area contributed by atoms with Crippen LogP contribution in [0.15, 0.2) is 41.7 Å². The van der Waals surface area contributed by atoms with Gasteiger partial charge in [0.15, 0.2) is 6.61 Å². The Labute approximate surface area is 219 Å². The maximum Gasteiger partial charge on any atom is 0.422 e. The zero-order chi connectivity index (χ0) is 28.0. The molecule has 206 valence electrons. The van der Waals surface area contributed by atoms with E-state index >= 15 is 0 Å². The number of nitrogens with zero attached hydrogens (tertiary/aromatic N) is 5. The van der Waals surface area contributed by atoms with Gasteiger partial charge < -0.3 is 19.3 Å². The summed E-state index contributed by atoms with van der Waals surface area (Å²) in [5, 5.41) is -0.0476. The van der Waals surface area contributed by atoms with Crippen molar-refractivity contribution in [1.82, 2.24) is 24.3 Å². The minimum Gasteiger partial charge on any atom is -0.484 e. The van der Waals surface area contributed by atoms with Gasteiger partial charge in [0.2, 0.25) is 5.16 Å². The molecule has 3 aromatic rings. The highest BCUT2D eigenvalue weighted by Crippen LogP contribution is 2.26. The summed E-state index contributed by atoms with van der Waals surface area (Å²) < 4.78 is 62.5. The van der Waals surface area contributed by atoms with Crippen LogP contribution in [0.25, 0.3) is 11.0 Å². The van der Waals surface area contributed by atoms with Crippen LogP contribution >= 0.6 is 0 Å². The zero-order valence-corrected chi connectivity index (χ0v) is 22.1. The van der Waals surface area contributed by atoms with Crippen molar-refractivity contribution in [1.29, 1.82) is 0 Å². The lowest BCUT2D eigenvalue weighted by molar-refractivity contribution is -0.153. The van der Waals surface area contributed by atoms with Crippen LogP contribution in [-0.2, 0) is 21.3 Å². The summed E-state index contributed by atoms with van der Waals surface area (Å²) in [5.41, 5.74) is 1.40. The second kappa shape index (κ2) is 12.2. The van der Waals surface area contributed by atoms with Gasteiger partial charge in [-0.3, -0.25) is 9.19 Å². The van der Waals surface area contributed by atoms with Gasteiger partial charge >= 0.3 is 18.3 Å². The van der Waals surface area contributed by atoms with E-state index in [0.717, 1.165) is 0 Å². The molecule has 0 N–H and O–H groups in total. The molecule has 0 saturated heterocycles. The molecular formula is C24H28F3N5O5S. The summed E-state index contributed by atoms with van der Waals surface area (Å²) >= 11 is 0. The average molecular weight is 556 g/mol. The molecule has 0 aliphatic heterocycles. The molecule has 0 aliphatic rings. The lowest BCUT2D eigenvalue weighted by Crippen LogP contribution is -2.36. The summed E-state index contributed by atoms with van der Waals surface area (Å²) in [4.78, 5) is 36.5. The fraction of sp³-hybridized carbons (Fsp3) is 0.417. The van der Waals surface area contributed by atoms with Crippen molar-refractivity contribution in [2.75, 3.05) is 40.4 Å². The van der Waals surface area contributed by atoms with E-state index in [0.29, 0.717) is 23.1 Å². The number of para-hydroxylation sites is 2. The summed E-state index contributed by atoms with van der Waals surface area (Å²) in [6.45, 7) is 2.33. The van der Waals surface area contributed by atoms with Gasteiger partial charge in [-0.2, -0.15) is 13.2 Å². The molecule has 14 heteroatoms. The van der Waals surface area contributed by atoms with Gasteiger partial charge in [0, 0.05) is 32.4 Å². The third-order valence-electron chi connectivity index (χ3n) is 5.61. The first-order chi connectivity index (χ1) is 17.9. The molecule has 1 aromatic carbocycles. The highest BCUT2D eigenvalue weighted by atomic mass is 32.2. The Kier molecular flexibility index (Phi) is 9.31. The second-order valence-electron chi connectivity index (χ2n) is 8.33. The molecule has 0 bridgehead atoms. The van der Waals surface area contributed by atoms with E-state index in [2.05, 4.69) is 9.97 Å². The molecule has 0 saturated carbocycles. The van der Waals surface area contributed by atoms with Crippen LogP contribution in [0.2, 0.25) is 0 Å². The first-order valence-corrected chi connectivity index (χ1v) is 12.9. The predicted molar refractivity (Wildman–Crippen MR) is 133 cm³/mol. The molecule has 2 aromatic heterocycles. The van der Waals surface area contributed by atoms with Crippen molar-refractivity contribution in [3.05, 3.63) is 47.8 Å². The fourth-order valence-electron chi connectivity index (χ4n) is 3.33. The number of amides is 2. The van der Waals surface area contributed by atoms with Gasteiger partial charge in [-0.25, -0.2) is 19.1 Å². The van der Waals surface area contributed by atoms with Gasteiger partial charge in [0.05, 0.1) is 39.8 Å². The van der Waals surface area contributed by atoms with Crippen LogP contribution in [0, 0.1) is 6.92 Å². The predicted octanol–water partition coefficient (Wildman–Crippen LogP) is 3.98. The SMILES string of the molecule is CCN(C)C(=O)OCCN(C)C(=O)n1c([S@](=O)Cc2nccc(OCC(F)(F)F)c2C)nc2ccccc21. The maximum atomic E-state index is 13.4. The van der Waals surface area contributed by atoms with E-state index in [-0.39, 0.29) is 35.5 Å². The third kappa shape index (κ3) is 7.00. The van der Waals surface area contributed by atoms with Crippen molar-refractivity contribution in [3.63, 3.8) is 0 Å². The van der Waals surface area contributed by atoms with Gasteiger partial charge in [-0.1, -0.05) is 12.1 Å². The second-order valence-corrected chi connectivity index (χ2v) is 9.67. The number of alkyl halides is 3. The number of ether oxygens (including phenoxy) is 2. The Hall–Kier alpha value is -3.68. The van der Waals surface area contributed by atoms with Crippen molar-refractivity contribution in [2.45, 2.75) is 30.9 Å². The number of hydrogen-bond acceptors (Lipinski definition) is 7. The number of likely N-dealkylation sites (N-methyl/N-ethyl adjacent to an activating group) is 1. The van der Waals surface area contributed by atoms with Gasteiger partial charge in [-0.15, -0.1) is 0 Å². The first kappa shape index (κ1) is 28.9. The quantitative estimate of drug-likeness (QED) is 0.393. The molecular weight excluding hydrogens is 527 g/mol. The summed E-state index contributed by atoms with van der Waals surface area (Å²) in [6.07, 6.45) is -3.77. The Morgan fingerprint density at radius 1 is 1.13 bits per heavy atom. The topological polar surface area (TPSA) is 107 Å². The minimum atomic E-state index is -4.51. The van der Waals surface area contributed by atoms with Crippen LogP contribution in [-0.4, -0.2) is 87.2 Å². The molecule has 0 fully saturated rings. The van der Waals surface area contributed by atoms with E-state index in [1.165, 1.54) is 40.6 Å². The number of aromatic nitrogens is 3. The number of carbonyl (C=O) groups is 2. The van der Waals surface area contributed by atoms with E-state index in [1.54, 1.807) is 38.2 Å². The average Bonchev–Trinajstić information content (AvgIpc) is 3.27. The summed E-state index contributed by atoms with van der Waals surface area (Å²) in [6, 6.07) is 7.49. The first-order valence-electron chi connectivity index (χ1n) is 11.6. The van der Waals surface area contributed by atoms with E-state index in [4.69, 9.17) is 9.47 Å². The smallest absolute Gasteiger partial charge is 0.422 e. The lowest BCUT2D eigenvalue weighted by atomic mass is 10.2. The van der Waals surface area contributed by atoms with Crippen LogP contribution in [0.3, 0.4) is 0 Å². The highest BCUT2D eigenvalue weighted by Gasteiger charge is 2.29. The van der Waals surface area contributed by atoms with Crippen molar-refractivity contribution in [2.24, 2.45) is 0 Å². The molecule has 2 heterocycles. The maximum absolute atomic E-state index is 13.4. The lowest BCUT2D eigenvalue weighted by Gasteiger charge is -2.20. The normalized spacial score (nSPS) is 12.3. The number of fused-ring (bicyclic) bond motifs is 1. The van der Waals surface area contributed by atoms with Crippen LogP contribution < -0.4 is 4.74 Å². The number of halogens is 3. The highest BCUT2D eigenvalue weighted by molar-refractivity contribution is 7.84. The van der Waals surface area contributed by atoms with E-state index < -0.39 is 35.7 Å². The largest absolute Gasteiger partial charge is 0.484 e. The number of carbonyl (C=O) groups excluding carboxylic acids is 2. The Morgan fingerprint density at radius 3 is 2.53 bits per heavy atom. The van der Waals surface area contributed by atoms with Gasteiger partial charge in [-0.05, 0) is 32.0 Å². The zero-order valence-electron chi connectivity index (χ0n) is 21.3. The molecule has 0 spiro atoms. The molecule has 3 rings (SSSR count). The van der Waals surface area contributed by atoms with E-state index in [1.807, 2.05) is 0 Å². The number of benzene rings is 1. The molecule has 2 amide bonds. The molecule has 1 atom stereocenters. The number of imidazole rings is 1. The Balaban J connectivity index is 1.83. The van der Waals surface area contributed by atoms with Gasteiger partial charge in [0.25, 0.3) is 0 Å². The van der Waals surface area contributed by atoms with Crippen LogP contribution in [0.5, 0.6) is 5.75 Å². The molecule has 10 nitrogen and oxygen atoms in total. The number of hydrogen-bond donors (Lipinski definition) is 0. The third-order valence-corrected chi connectivity index (χ3v) is 6.82. The number of rotatable bonds is 9. The Bertz CT molecular complexity index is 1330. The van der Waals surface area contributed by atoms with Crippen molar-refractivity contribution >= 4 is 34.0 Å². The standard InChI is InChI=1S/C24H28F3N5O5S/c1-5-30(3)23(34)36-13-12-31(4)22(33)32-19-9-7-6-8-17(19)29-21(32)38(35)14-18-16(2)20(10-11-28-18)37-15-24(25,26)27/h6-11H,5,12-15H2,1-4H3/t38-/m1/s1. The molecule has 0 radical (unpaired) electrons. The van der Waals surface area contributed by atoms with E-state index in [9.17, 15) is 27.0 Å². The van der Waals surface area contributed by atoms with Crippen molar-refractivity contribution < 1.29 is 36.4 Å².